The molecule has 0 spiro atoms. The molecule has 0 unspecified atom stereocenters. The fourth-order valence-electron chi connectivity index (χ4n) is 2.73. The minimum atomic E-state index is -0.644. The van der Waals surface area contributed by atoms with Crippen LogP contribution in [0.25, 0.3) is 0 Å². The van der Waals surface area contributed by atoms with Crippen LogP contribution in [0, 0.1) is 5.82 Å². The number of amides is 3. The van der Waals surface area contributed by atoms with Crippen molar-refractivity contribution < 1.29 is 18.7 Å². The average molecular weight is 338 g/mol. The molecule has 0 aromatic heterocycles. The maximum Gasteiger partial charge on any atom is 0.319 e. The molecular formula is C16H23FN4O3. The van der Waals surface area contributed by atoms with Gasteiger partial charge < -0.3 is 25.6 Å². The molecule has 8 heteroatoms. The zero-order chi connectivity index (χ0) is 17.7. The first kappa shape index (κ1) is 18.2. The number of ether oxygens (including phenoxy) is 1. The van der Waals surface area contributed by atoms with Gasteiger partial charge >= 0.3 is 6.03 Å². The number of likely N-dealkylation sites (N-methyl/N-ethyl adjacent to an activating group) is 1. The fraction of sp³-hybridized carbons (Fsp3) is 0.500. The Bertz CT molecular complexity index is 611. The minimum Gasteiger partial charge on any atom is -0.375 e. The predicted octanol–water partition coefficient (Wildman–Crippen LogP) is 1.03. The number of anilines is 1. The highest BCUT2D eigenvalue weighted by atomic mass is 19.1. The first-order valence-electron chi connectivity index (χ1n) is 7.83. The second-order valence-corrected chi connectivity index (χ2v) is 5.69. The van der Waals surface area contributed by atoms with Crippen LogP contribution in [0.15, 0.2) is 18.2 Å². The summed E-state index contributed by atoms with van der Waals surface area (Å²) in [5.41, 5.74) is 0.218. The number of carbonyl (C=O) groups excluding carboxylic acids is 2. The van der Waals surface area contributed by atoms with Crippen molar-refractivity contribution in [1.82, 2.24) is 15.5 Å². The van der Waals surface area contributed by atoms with Crippen molar-refractivity contribution in [2.24, 2.45) is 0 Å². The molecule has 0 radical (unpaired) electrons. The number of rotatable bonds is 5. The van der Waals surface area contributed by atoms with Crippen LogP contribution in [-0.4, -0.2) is 62.8 Å². The van der Waals surface area contributed by atoms with Gasteiger partial charge in [-0.25, -0.2) is 9.18 Å². The number of halogens is 1. The number of nitrogens with zero attached hydrogens (tertiary/aromatic N) is 1. The van der Waals surface area contributed by atoms with Crippen LogP contribution in [0.3, 0.4) is 0 Å². The van der Waals surface area contributed by atoms with Gasteiger partial charge in [-0.15, -0.1) is 0 Å². The summed E-state index contributed by atoms with van der Waals surface area (Å²) in [5, 5.41) is 7.84. The Hall–Kier alpha value is -2.19. The van der Waals surface area contributed by atoms with E-state index in [1.807, 2.05) is 14.0 Å². The lowest BCUT2D eigenvalue weighted by Gasteiger charge is -2.20. The van der Waals surface area contributed by atoms with Gasteiger partial charge in [0, 0.05) is 32.4 Å². The topological polar surface area (TPSA) is 82.7 Å². The minimum absolute atomic E-state index is 0.0691. The van der Waals surface area contributed by atoms with E-state index in [4.69, 9.17) is 4.74 Å². The van der Waals surface area contributed by atoms with E-state index < -0.39 is 17.8 Å². The third-order valence-corrected chi connectivity index (χ3v) is 3.84. The largest absolute Gasteiger partial charge is 0.375 e. The Labute approximate surface area is 140 Å². The monoisotopic (exact) mass is 338 g/mol. The van der Waals surface area contributed by atoms with Gasteiger partial charge in [0.1, 0.15) is 5.82 Å². The summed E-state index contributed by atoms with van der Waals surface area (Å²) in [6.45, 7) is 3.92. The molecular weight excluding hydrogens is 315 g/mol. The summed E-state index contributed by atoms with van der Waals surface area (Å²) in [6, 6.07) is 3.30. The maximum absolute atomic E-state index is 13.6. The highest BCUT2D eigenvalue weighted by Crippen LogP contribution is 2.16. The second-order valence-electron chi connectivity index (χ2n) is 5.69. The Morgan fingerprint density at radius 3 is 2.79 bits per heavy atom. The molecule has 0 bridgehead atoms. The van der Waals surface area contributed by atoms with E-state index >= 15 is 0 Å². The van der Waals surface area contributed by atoms with Gasteiger partial charge in [0.15, 0.2) is 0 Å². The first-order chi connectivity index (χ1) is 11.4. The van der Waals surface area contributed by atoms with E-state index in [1.54, 1.807) is 0 Å². The molecule has 0 aliphatic carbocycles. The standard InChI is InChI=1S/C16H23FN4O3/c1-4-24-14-9-21(3)8-13(14)20-16(23)19-10-5-6-12(17)11(7-10)15(22)18-2/h5-7,13-14H,4,8-9H2,1-3H3,(H,18,22)(H2,19,20,23)/t13-,14-/m0/s1. The van der Waals surface area contributed by atoms with Gasteiger partial charge in [-0.05, 0) is 32.2 Å². The third-order valence-electron chi connectivity index (χ3n) is 3.84. The number of nitrogens with one attached hydrogen (secondary N) is 3. The van der Waals surface area contributed by atoms with Crippen LogP contribution < -0.4 is 16.0 Å². The highest BCUT2D eigenvalue weighted by molar-refractivity contribution is 5.97. The molecule has 2 rings (SSSR count). The first-order valence-corrected chi connectivity index (χ1v) is 7.83. The van der Waals surface area contributed by atoms with Crippen molar-refractivity contribution >= 4 is 17.6 Å². The number of urea groups is 1. The number of hydrogen-bond donors (Lipinski definition) is 3. The van der Waals surface area contributed by atoms with E-state index in [2.05, 4.69) is 20.9 Å². The van der Waals surface area contributed by atoms with Crippen LogP contribution in [0.2, 0.25) is 0 Å². The van der Waals surface area contributed by atoms with E-state index in [0.717, 1.165) is 12.6 Å². The molecule has 3 amide bonds. The molecule has 2 atom stereocenters. The average Bonchev–Trinajstić information content (AvgIpc) is 2.88. The Kier molecular flexibility index (Phi) is 6.10. The smallest absolute Gasteiger partial charge is 0.319 e. The van der Waals surface area contributed by atoms with Crippen LogP contribution in [-0.2, 0) is 4.74 Å². The molecule has 1 fully saturated rings. The van der Waals surface area contributed by atoms with Crippen molar-refractivity contribution in [1.29, 1.82) is 0 Å². The lowest BCUT2D eigenvalue weighted by atomic mass is 10.1. The normalized spacial score (nSPS) is 20.7. The summed E-state index contributed by atoms with van der Waals surface area (Å²) in [7, 11) is 3.38. The van der Waals surface area contributed by atoms with Crippen molar-refractivity contribution in [3.8, 4) is 0 Å². The van der Waals surface area contributed by atoms with E-state index in [9.17, 15) is 14.0 Å². The molecule has 1 aromatic carbocycles. The molecule has 0 saturated carbocycles. The summed E-state index contributed by atoms with van der Waals surface area (Å²) < 4.78 is 19.3. The summed E-state index contributed by atoms with van der Waals surface area (Å²) in [4.78, 5) is 25.8. The number of hydrogen-bond acceptors (Lipinski definition) is 4. The molecule has 3 N–H and O–H groups in total. The van der Waals surface area contributed by atoms with Crippen molar-refractivity contribution in [2.75, 3.05) is 39.1 Å². The predicted molar refractivity (Wildman–Crippen MR) is 88.6 cm³/mol. The quantitative estimate of drug-likeness (QED) is 0.749. The third kappa shape index (κ3) is 4.42. The van der Waals surface area contributed by atoms with Gasteiger partial charge in [0.25, 0.3) is 5.91 Å². The summed E-state index contributed by atoms with van der Waals surface area (Å²) in [6.07, 6.45) is -0.0691. The summed E-state index contributed by atoms with van der Waals surface area (Å²) in [5.74, 6) is -1.19. The molecule has 7 nitrogen and oxygen atoms in total. The van der Waals surface area contributed by atoms with E-state index in [1.165, 1.54) is 19.2 Å². The second kappa shape index (κ2) is 8.07. The Morgan fingerprint density at radius 1 is 1.38 bits per heavy atom. The van der Waals surface area contributed by atoms with Gasteiger partial charge in [0.2, 0.25) is 0 Å². The van der Waals surface area contributed by atoms with E-state index in [-0.39, 0.29) is 17.7 Å². The van der Waals surface area contributed by atoms with Crippen LogP contribution in [0.5, 0.6) is 0 Å². The Morgan fingerprint density at radius 2 is 2.12 bits per heavy atom. The van der Waals surface area contributed by atoms with Crippen LogP contribution >= 0.6 is 0 Å². The van der Waals surface area contributed by atoms with E-state index in [0.29, 0.717) is 18.8 Å². The maximum atomic E-state index is 13.6. The van der Waals surface area contributed by atoms with Crippen LogP contribution in [0.4, 0.5) is 14.9 Å². The Balaban J connectivity index is 2.01. The zero-order valence-electron chi connectivity index (χ0n) is 14.1. The zero-order valence-corrected chi connectivity index (χ0v) is 14.1. The molecule has 1 saturated heterocycles. The molecule has 1 aliphatic rings. The van der Waals surface area contributed by atoms with Gasteiger partial charge in [-0.3, -0.25) is 4.79 Å². The van der Waals surface area contributed by atoms with Crippen molar-refractivity contribution in [2.45, 2.75) is 19.1 Å². The number of benzene rings is 1. The number of carbonyl (C=O) groups is 2. The van der Waals surface area contributed by atoms with Crippen LogP contribution in [0.1, 0.15) is 17.3 Å². The SMILES string of the molecule is CCO[C@H]1CN(C)C[C@@H]1NC(=O)Nc1ccc(F)c(C(=O)NC)c1. The molecule has 24 heavy (non-hydrogen) atoms. The van der Waals surface area contributed by atoms with Crippen molar-refractivity contribution in [3.63, 3.8) is 0 Å². The van der Waals surface area contributed by atoms with Gasteiger partial charge in [-0.2, -0.15) is 0 Å². The van der Waals surface area contributed by atoms with Crippen molar-refractivity contribution in [3.05, 3.63) is 29.6 Å². The molecule has 1 aliphatic heterocycles. The molecule has 1 aromatic rings. The summed E-state index contributed by atoms with van der Waals surface area (Å²) >= 11 is 0. The lowest BCUT2D eigenvalue weighted by molar-refractivity contribution is 0.0568. The number of likely N-dealkylation sites (tertiary alicyclic amines) is 1. The molecule has 1 heterocycles. The highest BCUT2D eigenvalue weighted by Gasteiger charge is 2.32. The molecule has 132 valence electrons. The fourth-order valence-corrected chi connectivity index (χ4v) is 2.73. The van der Waals surface area contributed by atoms with Gasteiger partial charge in [-0.1, -0.05) is 0 Å². The van der Waals surface area contributed by atoms with Gasteiger partial charge in [0.05, 0.1) is 17.7 Å². The lowest BCUT2D eigenvalue weighted by Crippen LogP contribution is -2.45.